The summed E-state index contributed by atoms with van der Waals surface area (Å²) in [6.07, 6.45) is 9.62. The molecule has 0 N–H and O–H groups in total. The lowest BCUT2D eigenvalue weighted by Gasteiger charge is -2.43. The number of carbonyl (C=O) groups excluding carboxylic acids is 1. The first-order chi connectivity index (χ1) is 23.0. The summed E-state index contributed by atoms with van der Waals surface area (Å²) in [6, 6.07) is 23.7. The molecule has 8 aromatic rings. The van der Waals surface area contributed by atoms with E-state index in [4.69, 9.17) is 4.74 Å². The van der Waals surface area contributed by atoms with E-state index in [1.165, 1.54) is 62.0 Å². The van der Waals surface area contributed by atoms with Gasteiger partial charge in [0.1, 0.15) is 0 Å². The fourth-order valence-corrected chi connectivity index (χ4v) is 13.1. The maximum Gasteiger partial charge on any atom is 0.305 e. The summed E-state index contributed by atoms with van der Waals surface area (Å²) in [5.41, 5.74) is 14.9. The summed E-state index contributed by atoms with van der Waals surface area (Å²) in [6.45, 7) is 2.52. The van der Waals surface area contributed by atoms with E-state index < -0.39 is 0 Å². The van der Waals surface area contributed by atoms with E-state index in [1.807, 2.05) is 0 Å². The van der Waals surface area contributed by atoms with Crippen molar-refractivity contribution in [3.63, 3.8) is 0 Å². The third-order valence-electron chi connectivity index (χ3n) is 14.5. The molecule has 0 amide bonds. The van der Waals surface area contributed by atoms with E-state index in [-0.39, 0.29) is 22.2 Å². The van der Waals surface area contributed by atoms with Crippen LogP contribution in [0.1, 0.15) is 70.7 Å². The second kappa shape index (κ2) is 6.58. The molecule has 0 radical (unpaired) electrons. The molecular weight excluding hydrogens is 572 g/mol. The Morgan fingerprint density at radius 1 is 0.766 bits per heavy atom. The van der Waals surface area contributed by atoms with Crippen LogP contribution in [-0.4, -0.2) is 13.1 Å². The fraction of sp³-hybridized carbons (Fsp3) is 0.222. The monoisotopic (exact) mass is 600 g/mol. The second-order valence-corrected chi connectivity index (χ2v) is 15.9. The molecule has 6 aliphatic carbocycles. The van der Waals surface area contributed by atoms with E-state index >= 15 is 0 Å². The Labute approximate surface area is 270 Å². The molecule has 47 heavy (non-hydrogen) atoms. The van der Waals surface area contributed by atoms with Crippen molar-refractivity contribution in [1.82, 2.24) is 0 Å². The second-order valence-electron chi connectivity index (χ2n) is 15.9. The molecule has 220 valence electrons. The van der Waals surface area contributed by atoms with Crippen LogP contribution >= 0.6 is 0 Å². The van der Waals surface area contributed by atoms with Gasteiger partial charge in [-0.15, -0.1) is 0 Å². The maximum absolute atomic E-state index is 12.5. The quantitative estimate of drug-likeness (QED) is 0.140. The van der Waals surface area contributed by atoms with E-state index in [9.17, 15) is 4.79 Å². The van der Waals surface area contributed by atoms with Crippen LogP contribution in [0.4, 0.5) is 0 Å². The largest absolute Gasteiger partial charge is 0.469 e. The van der Waals surface area contributed by atoms with Crippen molar-refractivity contribution >= 4 is 82.3 Å². The van der Waals surface area contributed by atoms with Crippen LogP contribution in [0.15, 0.2) is 72.3 Å². The minimum atomic E-state index is -0.201. The normalized spacial score (nSPS) is 24.3. The first-order valence-electron chi connectivity index (χ1n) is 17.4. The molecule has 0 aromatic heterocycles. The smallest absolute Gasteiger partial charge is 0.305 e. The third kappa shape index (κ3) is 1.93. The van der Waals surface area contributed by atoms with Gasteiger partial charge in [0.05, 0.1) is 12.5 Å². The average Bonchev–Trinajstić information content (AvgIpc) is 3.67. The number of hydrogen-bond acceptors (Lipinski definition) is 2. The molecule has 0 saturated heterocycles. The fourth-order valence-electron chi connectivity index (χ4n) is 13.1. The van der Waals surface area contributed by atoms with Gasteiger partial charge in [-0.3, -0.25) is 4.79 Å². The number of esters is 1. The molecule has 3 unspecified atom stereocenters. The summed E-state index contributed by atoms with van der Waals surface area (Å²) in [5, 5.41) is 18.4. The van der Waals surface area contributed by atoms with Crippen LogP contribution in [0.25, 0.3) is 76.3 Å². The molecule has 2 heteroatoms. The van der Waals surface area contributed by atoms with Crippen molar-refractivity contribution in [2.24, 2.45) is 5.41 Å². The summed E-state index contributed by atoms with van der Waals surface area (Å²) in [4.78, 5) is 12.5. The Morgan fingerprint density at radius 3 is 2.23 bits per heavy atom. The molecule has 1 fully saturated rings. The van der Waals surface area contributed by atoms with E-state index in [1.54, 1.807) is 65.4 Å². The minimum Gasteiger partial charge on any atom is -0.469 e. The number of allylic oxidation sites excluding steroid dienone is 3. The van der Waals surface area contributed by atoms with E-state index in [2.05, 4.69) is 79.7 Å². The minimum absolute atomic E-state index is 0.113. The Bertz CT molecular complexity index is 2990. The number of carbonyl (C=O) groups is 1. The van der Waals surface area contributed by atoms with Crippen LogP contribution < -0.4 is 0 Å². The number of hydrogen-bond donors (Lipinski definition) is 0. The van der Waals surface area contributed by atoms with E-state index in [0.717, 1.165) is 25.7 Å². The molecular formula is C45H28O2. The Kier molecular flexibility index (Phi) is 3.27. The zero-order valence-corrected chi connectivity index (χ0v) is 26.3. The summed E-state index contributed by atoms with van der Waals surface area (Å²) in [5.74, 6) is -0.113. The molecule has 6 aliphatic rings. The van der Waals surface area contributed by atoms with Gasteiger partial charge in [-0.1, -0.05) is 79.7 Å². The van der Waals surface area contributed by atoms with Crippen molar-refractivity contribution in [1.29, 1.82) is 0 Å². The van der Waals surface area contributed by atoms with Gasteiger partial charge < -0.3 is 4.74 Å². The van der Waals surface area contributed by atoms with Crippen LogP contribution in [-0.2, 0) is 33.2 Å². The van der Waals surface area contributed by atoms with Gasteiger partial charge in [-0.25, -0.2) is 0 Å². The van der Waals surface area contributed by atoms with Gasteiger partial charge in [-0.2, -0.15) is 0 Å². The van der Waals surface area contributed by atoms with Crippen molar-refractivity contribution in [3.8, 4) is 0 Å². The highest BCUT2D eigenvalue weighted by Crippen LogP contribution is 2.89. The average molecular weight is 601 g/mol. The Morgan fingerprint density at radius 2 is 1.45 bits per heavy atom. The molecule has 1 saturated carbocycles. The van der Waals surface area contributed by atoms with Crippen LogP contribution in [0.3, 0.4) is 0 Å². The zero-order valence-electron chi connectivity index (χ0n) is 26.3. The number of fused-ring (bicyclic) bond motifs is 1. The van der Waals surface area contributed by atoms with E-state index in [0.29, 0.717) is 6.42 Å². The van der Waals surface area contributed by atoms with Gasteiger partial charge >= 0.3 is 5.97 Å². The van der Waals surface area contributed by atoms with Crippen molar-refractivity contribution in [2.75, 3.05) is 7.11 Å². The highest BCUT2D eigenvalue weighted by atomic mass is 16.5. The highest BCUT2D eigenvalue weighted by Gasteiger charge is 2.84. The first kappa shape index (κ1) is 23.4. The molecule has 3 atom stereocenters. The number of benzene rings is 7. The lowest BCUT2D eigenvalue weighted by molar-refractivity contribution is -0.140. The molecule has 0 bridgehead atoms. The summed E-state index contributed by atoms with van der Waals surface area (Å²) >= 11 is 0. The first-order valence-corrected chi connectivity index (χ1v) is 17.4. The van der Waals surface area contributed by atoms with Crippen LogP contribution in [0.2, 0.25) is 0 Å². The number of ether oxygens (including phenoxy) is 1. The van der Waals surface area contributed by atoms with Crippen molar-refractivity contribution in [2.45, 2.75) is 49.9 Å². The van der Waals surface area contributed by atoms with Gasteiger partial charge in [0.2, 0.25) is 0 Å². The third-order valence-corrected chi connectivity index (χ3v) is 14.5. The number of methoxy groups -OCH3 is 1. The molecule has 2 nitrogen and oxygen atoms in total. The lowest BCUT2D eigenvalue weighted by atomic mass is 9.58. The SMILES string of the molecule is COC(=O)CCCC(C)(c1ccccc1)C12C=C3Cc4cc5ccc6cc7c8c9c(cc%10c%11c9c9c(c3c4c3c5c6c8c93)C%111C2=C%10)C7. The summed E-state index contributed by atoms with van der Waals surface area (Å²) in [7, 11) is 1.51. The molecule has 8 aromatic carbocycles. The predicted molar refractivity (Wildman–Crippen MR) is 190 cm³/mol. The predicted octanol–water partition coefficient (Wildman–Crippen LogP) is 10.1. The molecule has 1 spiro atoms. The molecule has 14 rings (SSSR count). The van der Waals surface area contributed by atoms with Gasteiger partial charge in [0, 0.05) is 17.3 Å². The van der Waals surface area contributed by atoms with Gasteiger partial charge in [-0.05, 0) is 146 Å². The van der Waals surface area contributed by atoms with Gasteiger partial charge in [0.25, 0.3) is 0 Å². The Hall–Kier alpha value is -4.95. The maximum atomic E-state index is 12.5. The molecule has 0 aliphatic heterocycles. The lowest BCUT2D eigenvalue weighted by Crippen LogP contribution is -2.40. The van der Waals surface area contributed by atoms with Crippen LogP contribution in [0, 0.1) is 5.41 Å². The topological polar surface area (TPSA) is 26.3 Å². The molecule has 0 heterocycles. The number of rotatable bonds is 6. The highest BCUT2D eigenvalue weighted by molar-refractivity contribution is 6.52. The van der Waals surface area contributed by atoms with Crippen LogP contribution in [0.5, 0.6) is 0 Å². The Balaban J connectivity index is 1.21. The zero-order chi connectivity index (χ0) is 30.5. The van der Waals surface area contributed by atoms with Crippen molar-refractivity contribution < 1.29 is 9.53 Å². The standard InChI is InChI=1S/C45H28O2/c1-43(12-6-9-29(46)47-2,27-7-4-3-5-8-27)44-19-26-17-23-14-21-11-10-20-13-22-15-24-16-25-18-28(44)45(44)41(25)39-33(24)32(22)36-30(20)31(21)37-34(23)35(26)42(45)40(39)38(36)37/h3-5,7-8,10-11,13-14,16,18-19H,6,9,12,15,17H2,1-2H3. The van der Waals surface area contributed by atoms with Gasteiger partial charge in [0.15, 0.2) is 0 Å². The summed E-state index contributed by atoms with van der Waals surface area (Å²) < 4.78 is 5.13. The van der Waals surface area contributed by atoms with Crippen molar-refractivity contribution in [3.05, 3.63) is 117 Å².